The fourth-order valence-electron chi connectivity index (χ4n) is 5.71. The van der Waals surface area contributed by atoms with Gasteiger partial charge in [0.25, 0.3) is 0 Å². The second kappa shape index (κ2) is 9.29. The Morgan fingerprint density at radius 1 is 0.971 bits per heavy atom. The SMILES string of the molecule is CCc1ccccc1N1C[C@@H](C(=O)Oc2ccc(N3C(=O)[C@H]4CCCC[C@H]4C3=O)c(C)c2)CC1=O. The summed E-state index contributed by atoms with van der Waals surface area (Å²) in [5.74, 6) is -1.44. The topological polar surface area (TPSA) is 84.0 Å². The number of ether oxygens (including phenoxy) is 1. The van der Waals surface area contributed by atoms with Gasteiger partial charge >= 0.3 is 5.97 Å². The lowest BCUT2D eigenvalue weighted by Gasteiger charge is -2.20. The third kappa shape index (κ3) is 4.13. The number of aryl methyl sites for hydroxylation is 2. The zero-order valence-electron chi connectivity index (χ0n) is 20.2. The van der Waals surface area contributed by atoms with Crippen LogP contribution in [0.5, 0.6) is 5.75 Å². The maximum absolute atomic E-state index is 12.9. The number of hydrogen-bond donors (Lipinski definition) is 0. The van der Waals surface area contributed by atoms with Crippen LogP contribution >= 0.6 is 0 Å². The molecule has 0 N–H and O–H groups in total. The smallest absolute Gasteiger partial charge is 0.316 e. The van der Waals surface area contributed by atoms with Crippen molar-refractivity contribution >= 4 is 35.1 Å². The van der Waals surface area contributed by atoms with Crippen LogP contribution < -0.4 is 14.5 Å². The van der Waals surface area contributed by atoms with E-state index in [2.05, 4.69) is 0 Å². The lowest BCUT2D eigenvalue weighted by molar-refractivity contribution is -0.139. The van der Waals surface area contributed by atoms with Crippen LogP contribution in [0.1, 0.15) is 50.2 Å². The predicted octanol–water partition coefficient (Wildman–Crippen LogP) is 4.20. The van der Waals surface area contributed by atoms with Crippen molar-refractivity contribution in [1.82, 2.24) is 0 Å². The number of rotatable bonds is 5. The van der Waals surface area contributed by atoms with Crippen LogP contribution in [0.2, 0.25) is 0 Å². The molecule has 3 aliphatic rings. The van der Waals surface area contributed by atoms with Gasteiger partial charge in [0.05, 0.1) is 23.4 Å². The summed E-state index contributed by atoms with van der Waals surface area (Å²) < 4.78 is 5.63. The highest BCUT2D eigenvalue weighted by Crippen LogP contribution is 2.41. The zero-order chi connectivity index (χ0) is 24.7. The number of anilines is 2. The third-order valence-corrected chi connectivity index (χ3v) is 7.59. The summed E-state index contributed by atoms with van der Waals surface area (Å²) in [6, 6.07) is 12.7. The lowest BCUT2D eigenvalue weighted by Crippen LogP contribution is -2.31. The van der Waals surface area contributed by atoms with E-state index >= 15 is 0 Å². The van der Waals surface area contributed by atoms with Crippen LogP contribution in [0.3, 0.4) is 0 Å². The summed E-state index contributed by atoms with van der Waals surface area (Å²) in [6.07, 6.45) is 4.39. The summed E-state index contributed by atoms with van der Waals surface area (Å²) in [7, 11) is 0. The van der Waals surface area contributed by atoms with Crippen LogP contribution in [-0.4, -0.2) is 30.2 Å². The van der Waals surface area contributed by atoms with E-state index in [0.717, 1.165) is 43.4 Å². The number of para-hydroxylation sites is 1. The molecule has 1 saturated carbocycles. The van der Waals surface area contributed by atoms with Gasteiger partial charge in [-0.05, 0) is 61.6 Å². The van der Waals surface area contributed by atoms with Crippen LogP contribution in [0, 0.1) is 24.7 Å². The first kappa shape index (κ1) is 23.3. The molecule has 1 aliphatic carbocycles. The van der Waals surface area contributed by atoms with E-state index in [0.29, 0.717) is 17.0 Å². The van der Waals surface area contributed by atoms with Crippen LogP contribution in [0.4, 0.5) is 11.4 Å². The van der Waals surface area contributed by atoms with Crippen molar-refractivity contribution in [3.8, 4) is 5.75 Å². The van der Waals surface area contributed by atoms with E-state index < -0.39 is 11.9 Å². The molecular weight excluding hydrogens is 444 g/mol. The van der Waals surface area contributed by atoms with Crippen molar-refractivity contribution in [1.29, 1.82) is 0 Å². The molecule has 2 aromatic carbocycles. The molecule has 3 fully saturated rings. The molecule has 0 radical (unpaired) electrons. The normalized spacial score (nSPS) is 24.2. The molecule has 2 aliphatic heterocycles. The molecule has 2 aromatic rings. The quantitative estimate of drug-likeness (QED) is 0.369. The molecule has 0 unspecified atom stereocenters. The molecule has 7 heteroatoms. The molecule has 0 bridgehead atoms. The largest absolute Gasteiger partial charge is 0.426 e. The number of hydrogen-bond acceptors (Lipinski definition) is 5. The Balaban J connectivity index is 1.29. The van der Waals surface area contributed by atoms with Gasteiger partial charge < -0.3 is 9.64 Å². The fraction of sp³-hybridized carbons (Fsp3) is 0.429. The van der Waals surface area contributed by atoms with Crippen molar-refractivity contribution in [2.45, 2.75) is 52.4 Å². The third-order valence-electron chi connectivity index (χ3n) is 7.59. The number of imide groups is 1. The van der Waals surface area contributed by atoms with Crippen molar-refractivity contribution in [2.75, 3.05) is 16.3 Å². The number of carbonyl (C=O) groups excluding carboxylic acids is 4. The van der Waals surface area contributed by atoms with Crippen molar-refractivity contribution in [2.24, 2.45) is 17.8 Å². The lowest BCUT2D eigenvalue weighted by atomic mass is 9.81. The Morgan fingerprint density at radius 2 is 1.66 bits per heavy atom. The highest BCUT2D eigenvalue weighted by molar-refractivity contribution is 6.22. The van der Waals surface area contributed by atoms with Gasteiger partial charge in [-0.25, -0.2) is 4.90 Å². The highest BCUT2D eigenvalue weighted by atomic mass is 16.5. The molecule has 35 heavy (non-hydrogen) atoms. The molecule has 2 heterocycles. The zero-order valence-corrected chi connectivity index (χ0v) is 20.2. The van der Waals surface area contributed by atoms with Gasteiger partial charge in [0.1, 0.15) is 5.75 Å². The number of fused-ring (bicyclic) bond motifs is 1. The standard InChI is InChI=1S/C28H30N2O5/c1-3-18-8-4-7-11-24(18)29-16-19(15-25(29)31)28(34)35-20-12-13-23(17(2)14-20)30-26(32)21-9-5-6-10-22(21)27(30)33/h4,7-8,11-14,19,21-22H,3,5-6,9-10,15-16H2,1-2H3/t19-,21-,22+/m0/s1. The second-order valence-corrected chi connectivity index (χ2v) is 9.77. The van der Waals surface area contributed by atoms with Crippen LogP contribution in [0.25, 0.3) is 0 Å². The van der Waals surface area contributed by atoms with Gasteiger partial charge in [0, 0.05) is 18.7 Å². The number of amides is 3. The Bertz CT molecular complexity index is 1180. The first-order valence-electron chi connectivity index (χ1n) is 12.5. The van der Waals surface area contributed by atoms with E-state index in [1.165, 1.54) is 4.90 Å². The summed E-state index contributed by atoms with van der Waals surface area (Å²) in [6.45, 7) is 4.12. The summed E-state index contributed by atoms with van der Waals surface area (Å²) >= 11 is 0. The average molecular weight is 475 g/mol. The van der Waals surface area contributed by atoms with Gasteiger partial charge in [0.2, 0.25) is 17.7 Å². The maximum Gasteiger partial charge on any atom is 0.316 e. The molecule has 7 nitrogen and oxygen atoms in total. The summed E-state index contributed by atoms with van der Waals surface area (Å²) in [4.78, 5) is 54.5. The fourth-order valence-corrected chi connectivity index (χ4v) is 5.71. The molecular formula is C28H30N2O5. The molecule has 0 aromatic heterocycles. The average Bonchev–Trinajstić information content (AvgIpc) is 3.37. The van der Waals surface area contributed by atoms with Gasteiger partial charge in [-0.15, -0.1) is 0 Å². The van der Waals surface area contributed by atoms with Crippen molar-refractivity contribution in [3.05, 3.63) is 53.6 Å². The minimum absolute atomic E-state index is 0.0908. The Morgan fingerprint density at radius 3 is 2.31 bits per heavy atom. The first-order valence-corrected chi connectivity index (χ1v) is 12.5. The Kier molecular flexibility index (Phi) is 6.17. The minimum atomic E-state index is -0.558. The Labute approximate surface area is 205 Å². The van der Waals surface area contributed by atoms with E-state index in [1.807, 2.05) is 31.2 Å². The molecule has 5 rings (SSSR count). The Hall–Kier alpha value is -3.48. The first-order chi connectivity index (χ1) is 16.9. The highest BCUT2D eigenvalue weighted by Gasteiger charge is 2.49. The summed E-state index contributed by atoms with van der Waals surface area (Å²) in [5.41, 5.74) is 3.15. The van der Waals surface area contributed by atoms with Gasteiger partial charge in [-0.1, -0.05) is 38.0 Å². The monoisotopic (exact) mass is 474 g/mol. The number of esters is 1. The minimum Gasteiger partial charge on any atom is -0.426 e. The van der Waals surface area contributed by atoms with Crippen LogP contribution in [0.15, 0.2) is 42.5 Å². The molecule has 182 valence electrons. The molecule has 2 saturated heterocycles. The van der Waals surface area contributed by atoms with Crippen molar-refractivity contribution < 1.29 is 23.9 Å². The molecule has 3 amide bonds. The predicted molar refractivity (Wildman–Crippen MR) is 131 cm³/mol. The van der Waals surface area contributed by atoms with E-state index in [1.54, 1.807) is 30.0 Å². The summed E-state index contributed by atoms with van der Waals surface area (Å²) in [5, 5.41) is 0. The van der Waals surface area contributed by atoms with Gasteiger partial charge in [-0.3, -0.25) is 19.2 Å². The van der Waals surface area contributed by atoms with E-state index in [4.69, 9.17) is 4.74 Å². The van der Waals surface area contributed by atoms with Gasteiger partial charge in [-0.2, -0.15) is 0 Å². The number of nitrogens with zero attached hydrogens (tertiary/aromatic N) is 2. The van der Waals surface area contributed by atoms with Crippen LogP contribution in [-0.2, 0) is 25.6 Å². The molecule has 0 spiro atoms. The van der Waals surface area contributed by atoms with Gasteiger partial charge in [0.15, 0.2) is 0 Å². The second-order valence-electron chi connectivity index (χ2n) is 9.77. The number of benzene rings is 2. The molecule has 3 atom stereocenters. The van der Waals surface area contributed by atoms with Crippen molar-refractivity contribution in [3.63, 3.8) is 0 Å². The maximum atomic E-state index is 12.9. The number of carbonyl (C=O) groups is 4. The van der Waals surface area contributed by atoms with E-state index in [9.17, 15) is 19.2 Å². The van der Waals surface area contributed by atoms with E-state index in [-0.39, 0.29) is 42.5 Å².